The number of aromatic nitrogens is 4. The van der Waals surface area contributed by atoms with Crippen molar-refractivity contribution < 1.29 is 19.2 Å². The van der Waals surface area contributed by atoms with Crippen LogP contribution in [0.25, 0.3) is 11.2 Å². The first kappa shape index (κ1) is 32.8. The minimum absolute atomic E-state index is 0.118. The fourth-order valence-electron chi connectivity index (χ4n) is 4.94. The van der Waals surface area contributed by atoms with Crippen molar-refractivity contribution >= 4 is 40.5 Å². The van der Waals surface area contributed by atoms with Crippen molar-refractivity contribution in [2.45, 2.75) is 65.1 Å². The van der Waals surface area contributed by atoms with Crippen LogP contribution in [0.3, 0.4) is 0 Å². The zero-order chi connectivity index (χ0) is 32.3. The number of carbonyl (C=O) groups excluding carboxylic acids is 4. The molecule has 236 valence electrons. The SMILES string of the molecule is Cc1nc(N)c2ncn(CCCNC(=O)C(=O)[C@H](Cc3ccccc3)NC(=O)[C@@H](NC(=O)CCc3ccccc3)C(C)C)c2n1. The Morgan fingerprint density at radius 3 is 2.24 bits per heavy atom. The minimum atomic E-state index is -1.12. The maximum atomic E-state index is 13.4. The lowest BCUT2D eigenvalue weighted by Gasteiger charge is -2.25. The third-order valence-corrected chi connectivity index (χ3v) is 7.35. The molecule has 0 aliphatic carbocycles. The van der Waals surface area contributed by atoms with E-state index in [9.17, 15) is 19.2 Å². The highest BCUT2D eigenvalue weighted by Crippen LogP contribution is 2.16. The molecule has 3 amide bonds. The number of imidazole rings is 1. The van der Waals surface area contributed by atoms with Crippen LogP contribution in [0.2, 0.25) is 0 Å². The van der Waals surface area contributed by atoms with E-state index < -0.39 is 29.7 Å². The van der Waals surface area contributed by atoms with Crippen molar-refractivity contribution in [2.75, 3.05) is 12.3 Å². The second-order valence-corrected chi connectivity index (χ2v) is 11.3. The monoisotopic (exact) mass is 612 g/mol. The van der Waals surface area contributed by atoms with E-state index in [0.29, 0.717) is 42.2 Å². The first-order chi connectivity index (χ1) is 21.6. The van der Waals surface area contributed by atoms with Crippen LogP contribution >= 0.6 is 0 Å². The number of hydrogen-bond donors (Lipinski definition) is 4. The number of nitrogens with two attached hydrogens (primary N) is 1. The summed E-state index contributed by atoms with van der Waals surface area (Å²) in [5, 5.41) is 8.23. The molecule has 2 atom stereocenters. The molecule has 4 aromatic rings. The topological polar surface area (TPSA) is 174 Å². The summed E-state index contributed by atoms with van der Waals surface area (Å²) < 4.78 is 1.81. The Morgan fingerprint density at radius 1 is 0.911 bits per heavy atom. The van der Waals surface area contributed by atoms with Crippen LogP contribution in [0.5, 0.6) is 0 Å². The number of ketones is 1. The third kappa shape index (κ3) is 9.18. The van der Waals surface area contributed by atoms with Crippen molar-refractivity contribution in [3.05, 3.63) is 83.9 Å². The predicted octanol–water partition coefficient (Wildman–Crippen LogP) is 2.29. The zero-order valence-electron chi connectivity index (χ0n) is 25.8. The predicted molar refractivity (Wildman–Crippen MR) is 171 cm³/mol. The molecular weight excluding hydrogens is 572 g/mol. The van der Waals surface area contributed by atoms with Gasteiger partial charge in [-0.3, -0.25) is 19.2 Å². The summed E-state index contributed by atoms with van der Waals surface area (Å²) in [6.45, 7) is 6.06. The Balaban J connectivity index is 1.36. The minimum Gasteiger partial charge on any atom is -0.382 e. The fraction of sp³-hybridized carbons (Fsp3) is 0.364. The van der Waals surface area contributed by atoms with E-state index in [0.717, 1.165) is 11.1 Å². The lowest BCUT2D eigenvalue weighted by molar-refractivity contribution is -0.140. The number of aryl methyl sites for hydroxylation is 3. The van der Waals surface area contributed by atoms with E-state index >= 15 is 0 Å². The Morgan fingerprint density at radius 2 is 1.58 bits per heavy atom. The Hall–Kier alpha value is -5.13. The van der Waals surface area contributed by atoms with Crippen LogP contribution in [0.1, 0.15) is 43.6 Å². The molecule has 12 heteroatoms. The number of Topliss-reactive ketones (excluding diaryl/α,β-unsaturated/α-hetero) is 1. The van der Waals surface area contributed by atoms with Gasteiger partial charge in [0.05, 0.1) is 6.33 Å². The van der Waals surface area contributed by atoms with Gasteiger partial charge in [0, 0.05) is 25.9 Å². The number of anilines is 1. The highest BCUT2D eigenvalue weighted by atomic mass is 16.2. The number of carbonyl (C=O) groups is 4. The lowest BCUT2D eigenvalue weighted by Crippen LogP contribution is -2.56. The van der Waals surface area contributed by atoms with E-state index in [1.807, 2.05) is 79.1 Å². The van der Waals surface area contributed by atoms with Gasteiger partial charge in [0.25, 0.3) is 5.91 Å². The molecule has 12 nitrogen and oxygen atoms in total. The van der Waals surface area contributed by atoms with Gasteiger partial charge in [-0.25, -0.2) is 15.0 Å². The summed E-state index contributed by atoms with van der Waals surface area (Å²) in [6, 6.07) is 16.7. The summed E-state index contributed by atoms with van der Waals surface area (Å²) in [5.41, 5.74) is 8.84. The largest absolute Gasteiger partial charge is 0.382 e. The number of hydrogen-bond acceptors (Lipinski definition) is 8. The van der Waals surface area contributed by atoms with Gasteiger partial charge in [-0.05, 0) is 36.8 Å². The average molecular weight is 613 g/mol. The molecule has 0 spiro atoms. The highest BCUT2D eigenvalue weighted by molar-refractivity contribution is 6.38. The summed E-state index contributed by atoms with van der Waals surface area (Å²) >= 11 is 0. The van der Waals surface area contributed by atoms with Gasteiger partial charge in [-0.2, -0.15) is 0 Å². The molecule has 0 aliphatic heterocycles. The second-order valence-electron chi connectivity index (χ2n) is 11.3. The molecule has 2 aromatic heterocycles. The number of nitrogens with one attached hydrogen (secondary N) is 3. The highest BCUT2D eigenvalue weighted by Gasteiger charge is 2.31. The van der Waals surface area contributed by atoms with Gasteiger partial charge < -0.3 is 26.3 Å². The maximum Gasteiger partial charge on any atom is 0.289 e. The molecule has 0 fully saturated rings. The molecule has 0 radical (unpaired) electrons. The number of fused-ring (bicyclic) bond motifs is 1. The molecule has 0 saturated heterocycles. The normalized spacial score (nSPS) is 12.4. The van der Waals surface area contributed by atoms with Crippen molar-refractivity contribution in [1.29, 1.82) is 0 Å². The quantitative estimate of drug-likeness (QED) is 0.117. The van der Waals surface area contributed by atoms with Crippen LogP contribution in [0, 0.1) is 12.8 Å². The molecule has 0 aliphatic rings. The lowest BCUT2D eigenvalue weighted by atomic mass is 9.98. The van der Waals surface area contributed by atoms with Crippen molar-refractivity contribution in [1.82, 2.24) is 35.5 Å². The average Bonchev–Trinajstić information content (AvgIpc) is 3.43. The summed E-state index contributed by atoms with van der Waals surface area (Å²) in [6.07, 6.45) is 2.97. The summed E-state index contributed by atoms with van der Waals surface area (Å²) in [4.78, 5) is 65.3. The molecule has 0 saturated carbocycles. The van der Waals surface area contributed by atoms with Gasteiger partial charge in [0.1, 0.15) is 23.4 Å². The first-order valence-corrected chi connectivity index (χ1v) is 15.1. The van der Waals surface area contributed by atoms with E-state index in [4.69, 9.17) is 5.73 Å². The molecule has 0 bridgehead atoms. The number of nitrogen functional groups attached to an aromatic ring is 1. The van der Waals surface area contributed by atoms with E-state index in [-0.39, 0.29) is 31.2 Å². The molecular formula is C33H40N8O4. The van der Waals surface area contributed by atoms with Crippen LogP contribution in [0.15, 0.2) is 67.0 Å². The maximum absolute atomic E-state index is 13.4. The van der Waals surface area contributed by atoms with Crippen LogP contribution in [0.4, 0.5) is 5.82 Å². The fourth-order valence-corrected chi connectivity index (χ4v) is 4.94. The van der Waals surface area contributed by atoms with E-state index in [1.54, 1.807) is 13.3 Å². The van der Waals surface area contributed by atoms with Crippen molar-refractivity contribution in [3.8, 4) is 0 Å². The van der Waals surface area contributed by atoms with Gasteiger partial charge in [0.2, 0.25) is 17.6 Å². The number of rotatable bonds is 15. The van der Waals surface area contributed by atoms with Gasteiger partial charge >= 0.3 is 0 Å². The molecule has 0 unspecified atom stereocenters. The number of amides is 3. The second kappa shape index (κ2) is 15.6. The third-order valence-electron chi connectivity index (χ3n) is 7.35. The molecule has 2 aromatic carbocycles. The van der Waals surface area contributed by atoms with Gasteiger partial charge in [-0.15, -0.1) is 0 Å². The Bertz CT molecular complexity index is 1620. The van der Waals surface area contributed by atoms with Crippen molar-refractivity contribution in [2.24, 2.45) is 5.92 Å². The molecule has 4 rings (SSSR count). The van der Waals surface area contributed by atoms with Gasteiger partial charge in [-0.1, -0.05) is 74.5 Å². The Kier molecular flexibility index (Phi) is 11.3. The molecule has 2 heterocycles. The summed E-state index contributed by atoms with van der Waals surface area (Å²) in [5.74, 6) is -1.80. The van der Waals surface area contributed by atoms with Crippen LogP contribution < -0.4 is 21.7 Å². The van der Waals surface area contributed by atoms with Crippen molar-refractivity contribution in [3.63, 3.8) is 0 Å². The van der Waals surface area contributed by atoms with E-state index in [2.05, 4.69) is 30.9 Å². The summed E-state index contributed by atoms with van der Waals surface area (Å²) in [7, 11) is 0. The Labute approximate surface area is 262 Å². The standard InChI is InChI=1S/C33H40N8O4/c1-21(2)27(40-26(42)16-15-23-11-6-4-7-12-23)32(44)39-25(19-24-13-8-5-9-14-24)29(43)33(45)35-17-10-18-41-20-36-28-30(34)37-22(3)38-31(28)41/h4-9,11-14,20-21,25,27H,10,15-19H2,1-3H3,(H,35,45)(H,39,44)(H,40,42)(H2,34,37,38)/t25-,27-/m0/s1. The van der Waals surface area contributed by atoms with Crippen LogP contribution in [-0.2, 0) is 38.6 Å². The first-order valence-electron chi connectivity index (χ1n) is 15.1. The van der Waals surface area contributed by atoms with Gasteiger partial charge in [0.15, 0.2) is 11.5 Å². The molecule has 45 heavy (non-hydrogen) atoms. The number of nitrogens with zero attached hydrogens (tertiary/aromatic N) is 4. The zero-order valence-corrected chi connectivity index (χ0v) is 25.8. The smallest absolute Gasteiger partial charge is 0.289 e. The van der Waals surface area contributed by atoms with Crippen LogP contribution in [-0.4, -0.2) is 61.7 Å². The molecule has 5 N–H and O–H groups in total. The number of benzene rings is 2. The van der Waals surface area contributed by atoms with E-state index in [1.165, 1.54) is 0 Å².